The Morgan fingerprint density at radius 2 is 2.00 bits per heavy atom. The number of ether oxygens (including phenoxy) is 1. The van der Waals surface area contributed by atoms with Gasteiger partial charge < -0.3 is 10.1 Å². The molecule has 0 radical (unpaired) electrons. The van der Waals surface area contributed by atoms with Crippen LogP contribution in [-0.2, 0) is 9.53 Å². The van der Waals surface area contributed by atoms with E-state index in [4.69, 9.17) is 16.3 Å². The zero-order valence-corrected chi connectivity index (χ0v) is 16.0. The first-order chi connectivity index (χ1) is 13.0. The van der Waals surface area contributed by atoms with Crippen molar-refractivity contribution in [1.82, 2.24) is 9.38 Å². The van der Waals surface area contributed by atoms with Gasteiger partial charge in [-0.3, -0.25) is 14.0 Å². The number of ketones is 1. The summed E-state index contributed by atoms with van der Waals surface area (Å²) in [5.74, 6) is -1.16. The van der Waals surface area contributed by atoms with E-state index in [0.29, 0.717) is 22.6 Å². The molecule has 1 aromatic carbocycles. The van der Waals surface area contributed by atoms with Gasteiger partial charge >= 0.3 is 5.97 Å². The van der Waals surface area contributed by atoms with E-state index in [0.717, 1.165) is 6.42 Å². The van der Waals surface area contributed by atoms with E-state index in [1.165, 1.54) is 15.7 Å². The lowest BCUT2D eigenvalue weighted by Gasteiger charge is -2.06. The van der Waals surface area contributed by atoms with E-state index in [1.54, 1.807) is 35.8 Å². The number of fused-ring (bicyclic) bond motifs is 1. The maximum absolute atomic E-state index is 12.2. The van der Waals surface area contributed by atoms with Gasteiger partial charge in [0.2, 0.25) is 5.91 Å². The Hall–Kier alpha value is -2.71. The predicted octanol–water partition coefficient (Wildman–Crippen LogP) is 3.83. The van der Waals surface area contributed by atoms with Crippen molar-refractivity contribution in [3.8, 4) is 0 Å². The Labute approximate surface area is 163 Å². The van der Waals surface area contributed by atoms with Gasteiger partial charge in [0.05, 0.1) is 0 Å². The third-order valence-electron chi connectivity index (χ3n) is 3.71. The first-order valence-electron chi connectivity index (χ1n) is 8.21. The number of carbonyl (C=O) groups is 3. The largest absolute Gasteiger partial charge is 0.453 e. The number of rotatable bonds is 7. The summed E-state index contributed by atoms with van der Waals surface area (Å²) in [6, 6.07) is 6.40. The maximum atomic E-state index is 12.2. The van der Waals surface area contributed by atoms with Gasteiger partial charge in [-0.05, 0) is 30.7 Å². The monoisotopic (exact) mass is 405 g/mol. The Balaban J connectivity index is 1.60. The maximum Gasteiger partial charge on any atom is 0.359 e. The molecule has 0 spiro atoms. The lowest BCUT2D eigenvalue weighted by atomic mass is 10.1. The van der Waals surface area contributed by atoms with Gasteiger partial charge in [0.25, 0.3) is 0 Å². The van der Waals surface area contributed by atoms with Gasteiger partial charge in [-0.2, -0.15) is 0 Å². The minimum Gasteiger partial charge on any atom is -0.453 e. The highest BCUT2D eigenvalue weighted by Crippen LogP contribution is 2.22. The molecule has 0 fully saturated rings. The van der Waals surface area contributed by atoms with E-state index < -0.39 is 12.6 Å². The Morgan fingerprint density at radius 3 is 2.70 bits per heavy atom. The normalized spacial score (nSPS) is 10.7. The number of anilines is 1. The molecule has 3 rings (SSSR count). The number of nitrogens with zero attached hydrogens (tertiary/aromatic N) is 2. The molecule has 27 heavy (non-hydrogen) atoms. The molecule has 2 aromatic heterocycles. The number of hydrogen-bond acceptors (Lipinski definition) is 6. The molecular weight excluding hydrogens is 390 g/mol. The second kappa shape index (κ2) is 8.32. The van der Waals surface area contributed by atoms with Crippen LogP contribution in [0.4, 0.5) is 5.69 Å². The molecule has 7 nitrogen and oxygen atoms in total. The molecule has 0 saturated heterocycles. The first-order valence-corrected chi connectivity index (χ1v) is 9.46. The smallest absolute Gasteiger partial charge is 0.359 e. The molecular formula is C18H16ClN3O4S. The molecule has 1 amide bonds. The fourth-order valence-electron chi connectivity index (χ4n) is 2.41. The SMILES string of the molecule is CCCC(=O)Nc1ccc(C(=O)COC(=O)c2c(Cl)nc3sccn23)cc1. The van der Waals surface area contributed by atoms with E-state index in [9.17, 15) is 14.4 Å². The van der Waals surface area contributed by atoms with E-state index in [-0.39, 0.29) is 22.5 Å². The van der Waals surface area contributed by atoms with Crippen LogP contribution in [0.15, 0.2) is 35.8 Å². The number of carbonyl (C=O) groups excluding carboxylic acids is 3. The van der Waals surface area contributed by atoms with Crippen LogP contribution in [-0.4, -0.2) is 33.7 Å². The van der Waals surface area contributed by atoms with Gasteiger partial charge in [-0.15, -0.1) is 11.3 Å². The molecule has 0 saturated carbocycles. The lowest BCUT2D eigenvalue weighted by molar-refractivity contribution is -0.116. The van der Waals surface area contributed by atoms with Crippen molar-refractivity contribution < 1.29 is 19.1 Å². The highest BCUT2D eigenvalue weighted by Gasteiger charge is 2.21. The van der Waals surface area contributed by atoms with Crippen LogP contribution in [0.25, 0.3) is 4.96 Å². The minimum atomic E-state index is -0.720. The van der Waals surface area contributed by atoms with Crippen LogP contribution < -0.4 is 5.32 Å². The van der Waals surface area contributed by atoms with Gasteiger partial charge in [-0.1, -0.05) is 18.5 Å². The van der Waals surface area contributed by atoms with Crippen molar-refractivity contribution in [2.75, 3.05) is 11.9 Å². The van der Waals surface area contributed by atoms with Crippen molar-refractivity contribution >= 4 is 51.2 Å². The van der Waals surface area contributed by atoms with Crippen molar-refractivity contribution in [3.05, 3.63) is 52.3 Å². The topological polar surface area (TPSA) is 89.8 Å². The Kier molecular flexibility index (Phi) is 5.88. The number of thiazole rings is 1. The lowest BCUT2D eigenvalue weighted by Crippen LogP contribution is -2.16. The van der Waals surface area contributed by atoms with E-state index in [1.807, 2.05) is 6.92 Å². The van der Waals surface area contributed by atoms with Crippen LogP contribution in [0.2, 0.25) is 5.15 Å². The molecule has 140 valence electrons. The van der Waals surface area contributed by atoms with E-state index in [2.05, 4.69) is 10.3 Å². The molecule has 0 unspecified atom stereocenters. The van der Waals surface area contributed by atoms with Crippen molar-refractivity contribution in [2.45, 2.75) is 19.8 Å². The van der Waals surface area contributed by atoms with Crippen molar-refractivity contribution in [3.63, 3.8) is 0 Å². The van der Waals surface area contributed by atoms with Crippen LogP contribution in [0.1, 0.15) is 40.6 Å². The summed E-state index contributed by atoms with van der Waals surface area (Å²) in [5.41, 5.74) is 1.07. The summed E-state index contributed by atoms with van der Waals surface area (Å²) in [7, 11) is 0. The summed E-state index contributed by atoms with van der Waals surface area (Å²) in [4.78, 5) is 40.7. The number of imidazole rings is 1. The first kappa shape index (κ1) is 19.1. The molecule has 3 aromatic rings. The Morgan fingerprint density at radius 1 is 1.26 bits per heavy atom. The summed E-state index contributed by atoms with van der Waals surface area (Å²) in [6.07, 6.45) is 2.85. The molecule has 0 atom stereocenters. The van der Waals surface area contributed by atoms with Gasteiger partial charge in [-0.25, -0.2) is 9.78 Å². The quantitative estimate of drug-likeness (QED) is 0.476. The summed E-state index contributed by atoms with van der Waals surface area (Å²) >= 11 is 7.30. The van der Waals surface area contributed by atoms with Crippen LogP contribution in [0.5, 0.6) is 0 Å². The highest BCUT2D eigenvalue weighted by molar-refractivity contribution is 7.15. The van der Waals surface area contributed by atoms with Crippen LogP contribution in [0, 0.1) is 0 Å². The number of aromatic nitrogens is 2. The van der Waals surface area contributed by atoms with Crippen molar-refractivity contribution in [1.29, 1.82) is 0 Å². The second-order valence-corrected chi connectivity index (χ2v) is 6.91. The fourth-order valence-corrected chi connectivity index (χ4v) is 3.43. The van der Waals surface area contributed by atoms with Gasteiger partial charge in [0, 0.05) is 29.2 Å². The Bertz CT molecular complexity index is 994. The number of benzene rings is 1. The fraction of sp³-hybridized carbons (Fsp3) is 0.222. The molecule has 1 N–H and O–H groups in total. The van der Waals surface area contributed by atoms with Gasteiger partial charge in [0.1, 0.15) is 0 Å². The van der Waals surface area contributed by atoms with E-state index >= 15 is 0 Å². The summed E-state index contributed by atoms with van der Waals surface area (Å²) in [5, 5.41) is 4.54. The number of amides is 1. The molecule has 0 bridgehead atoms. The molecule has 9 heteroatoms. The zero-order valence-electron chi connectivity index (χ0n) is 14.4. The standard InChI is InChI=1S/C18H16ClN3O4S/c1-2-3-14(24)20-12-6-4-11(5-7-12)13(23)10-26-17(25)15-16(19)21-18-22(15)8-9-27-18/h4-9H,2-3,10H2,1H3,(H,20,24). The third kappa shape index (κ3) is 4.35. The zero-order chi connectivity index (χ0) is 19.4. The van der Waals surface area contributed by atoms with Crippen molar-refractivity contribution in [2.24, 2.45) is 0 Å². The van der Waals surface area contributed by atoms with Gasteiger partial charge in [0.15, 0.2) is 28.2 Å². The molecule has 2 heterocycles. The number of nitrogens with one attached hydrogen (secondary N) is 1. The summed E-state index contributed by atoms with van der Waals surface area (Å²) < 4.78 is 6.61. The average molecular weight is 406 g/mol. The second-order valence-electron chi connectivity index (χ2n) is 5.68. The predicted molar refractivity (Wildman–Crippen MR) is 103 cm³/mol. The van der Waals surface area contributed by atoms with Crippen LogP contribution >= 0.6 is 22.9 Å². The minimum absolute atomic E-state index is 0.0338. The number of Topliss-reactive ketones (excluding diaryl/α,β-unsaturated/α-hetero) is 1. The average Bonchev–Trinajstić information content (AvgIpc) is 3.20. The third-order valence-corrected chi connectivity index (χ3v) is 4.74. The molecule has 0 aliphatic heterocycles. The molecule has 0 aliphatic carbocycles. The molecule has 0 aliphatic rings. The summed E-state index contributed by atoms with van der Waals surface area (Å²) in [6.45, 7) is 1.50. The number of halogens is 1. The van der Waals surface area contributed by atoms with Crippen LogP contribution in [0.3, 0.4) is 0 Å². The highest BCUT2D eigenvalue weighted by atomic mass is 35.5. The number of hydrogen-bond donors (Lipinski definition) is 1. The number of esters is 1.